The maximum absolute atomic E-state index is 11.6. The van der Waals surface area contributed by atoms with E-state index in [0.717, 1.165) is 0 Å². The van der Waals surface area contributed by atoms with E-state index < -0.39 is 5.91 Å². The van der Waals surface area contributed by atoms with E-state index in [4.69, 9.17) is 16.2 Å². The molecule has 1 heterocycles. The van der Waals surface area contributed by atoms with Crippen molar-refractivity contribution in [3.63, 3.8) is 0 Å². The average Bonchev–Trinajstić information content (AvgIpc) is 2.32. The highest BCUT2D eigenvalue weighted by molar-refractivity contribution is 6.03. The van der Waals surface area contributed by atoms with Crippen LogP contribution < -0.4 is 21.1 Å². The van der Waals surface area contributed by atoms with Crippen LogP contribution in [0.1, 0.15) is 10.4 Å². The lowest BCUT2D eigenvalue weighted by atomic mass is 10.1. The van der Waals surface area contributed by atoms with E-state index in [1.54, 1.807) is 13.1 Å². The van der Waals surface area contributed by atoms with Gasteiger partial charge in [0.25, 0.3) is 11.8 Å². The molecule has 0 fully saturated rings. The Morgan fingerprint density at radius 2 is 2.17 bits per heavy atom. The molecule has 7 nitrogen and oxygen atoms in total. The molecular formula is C11H12N4O3. The molecule has 18 heavy (non-hydrogen) atoms. The topological polar surface area (TPSA) is 111 Å². The van der Waals surface area contributed by atoms with Gasteiger partial charge in [0.15, 0.2) is 12.6 Å². The van der Waals surface area contributed by atoms with Crippen LogP contribution in [0, 0.1) is 0 Å². The van der Waals surface area contributed by atoms with Gasteiger partial charge in [-0.3, -0.25) is 9.59 Å². The number of ether oxygens (including phenoxy) is 1. The molecule has 1 aliphatic heterocycles. The lowest BCUT2D eigenvalue weighted by molar-refractivity contribution is -0.120. The number of likely N-dealkylation sites (N-methyl/N-ethyl adjacent to an activating group) is 1. The Labute approximate surface area is 103 Å². The molecule has 7 heteroatoms. The number of guanidine groups is 1. The summed E-state index contributed by atoms with van der Waals surface area (Å²) in [7, 11) is 1.64. The molecule has 4 N–H and O–H groups in total. The lowest BCUT2D eigenvalue weighted by Crippen LogP contribution is -2.35. The summed E-state index contributed by atoms with van der Waals surface area (Å²) >= 11 is 0. The molecule has 0 unspecified atom stereocenters. The zero-order chi connectivity index (χ0) is 13.3. The van der Waals surface area contributed by atoms with Gasteiger partial charge in [-0.05, 0) is 18.2 Å². The molecule has 2 rings (SSSR count). The van der Waals surface area contributed by atoms with Gasteiger partial charge >= 0.3 is 0 Å². The fraction of sp³-hybridized carbons (Fsp3) is 0.182. The first-order valence-corrected chi connectivity index (χ1v) is 5.16. The van der Waals surface area contributed by atoms with Crippen LogP contribution in [0.5, 0.6) is 5.75 Å². The number of amides is 2. The van der Waals surface area contributed by atoms with Crippen LogP contribution in [0.2, 0.25) is 0 Å². The van der Waals surface area contributed by atoms with Gasteiger partial charge in [0.2, 0.25) is 0 Å². The summed E-state index contributed by atoms with van der Waals surface area (Å²) < 4.78 is 5.25. The van der Waals surface area contributed by atoms with Gasteiger partial charge in [-0.1, -0.05) is 0 Å². The Bertz CT molecular complexity index is 549. The Morgan fingerprint density at radius 3 is 2.83 bits per heavy atom. The second-order valence-corrected chi connectivity index (χ2v) is 3.77. The largest absolute Gasteiger partial charge is 0.482 e. The average molecular weight is 248 g/mol. The van der Waals surface area contributed by atoms with Crippen LogP contribution in [0.4, 0.5) is 5.69 Å². The quantitative estimate of drug-likeness (QED) is 0.512. The number of hydrogen-bond donors (Lipinski definition) is 2. The minimum atomic E-state index is -0.555. The van der Waals surface area contributed by atoms with Gasteiger partial charge in [-0.25, -0.2) is 0 Å². The highest BCUT2D eigenvalue weighted by Crippen LogP contribution is 2.32. The fourth-order valence-electron chi connectivity index (χ4n) is 1.59. The van der Waals surface area contributed by atoms with Crippen LogP contribution in [0.15, 0.2) is 23.2 Å². The SMILES string of the molecule is CN1C(=O)COc2cc(C(=O)N=C(N)N)ccc21. The zero-order valence-electron chi connectivity index (χ0n) is 9.71. The third-order valence-electron chi connectivity index (χ3n) is 2.52. The first kappa shape index (κ1) is 11.9. The first-order chi connectivity index (χ1) is 8.49. The van der Waals surface area contributed by atoms with Crippen LogP contribution in [0.3, 0.4) is 0 Å². The second-order valence-electron chi connectivity index (χ2n) is 3.77. The normalized spacial score (nSPS) is 13.6. The third kappa shape index (κ3) is 2.10. The van der Waals surface area contributed by atoms with Crippen molar-refractivity contribution >= 4 is 23.5 Å². The van der Waals surface area contributed by atoms with Gasteiger partial charge < -0.3 is 21.1 Å². The molecule has 0 spiro atoms. The minimum absolute atomic E-state index is 0.0521. The standard InChI is InChI=1S/C11H12N4O3/c1-15-7-3-2-6(10(17)14-11(12)13)4-8(7)18-5-9(15)16/h2-4H,5H2,1H3,(H4,12,13,14,17). The lowest BCUT2D eigenvalue weighted by Gasteiger charge is -2.25. The number of rotatable bonds is 1. The molecule has 0 saturated heterocycles. The van der Waals surface area contributed by atoms with E-state index in [9.17, 15) is 9.59 Å². The maximum atomic E-state index is 11.6. The maximum Gasteiger partial charge on any atom is 0.280 e. The van der Waals surface area contributed by atoms with E-state index in [1.807, 2.05) is 0 Å². The van der Waals surface area contributed by atoms with Crippen LogP contribution in [0.25, 0.3) is 0 Å². The van der Waals surface area contributed by atoms with Crippen molar-refractivity contribution in [2.24, 2.45) is 16.5 Å². The summed E-state index contributed by atoms with van der Waals surface area (Å²) in [6.45, 7) is -0.0521. The van der Waals surface area contributed by atoms with Crippen molar-refractivity contribution in [2.75, 3.05) is 18.6 Å². The first-order valence-electron chi connectivity index (χ1n) is 5.16. The summed E-state index contributed by atoms with van der Waals surface area (Å²) in [6, 6.07) is 4.65. The van der Waals surface area contributed by atoms with Gasteiger partial charge in [0.05, 0.1) is 5.69 Å². The number of fused-ring (bicyclic) bond motifs is 1. The highest BCUT2D eigenvalue weighted by Gasteiger charge is 2.23. The fourth-order valence-corrected chi connectivity index (χ4v) is 1.59. The molecule has 94 valence electrons. The molecule has 1 aromatic carbocycles. The Morgan fingerprint density at radius 1 is 1.44 bits per heavy atom. The number of carbonyl (C=O) groups excluding carboxylic acids is 2. The number of aliphatic imine (C=N–C) groups is 1. The number of benzene rings is 1. The molecule has 2 amide bonds. The van der Waals surface area contributed by atoms with Gasteiger partial charge in [-0.15, -0.1) is 0 Å². The summed E-state index contributed by atoms with van der Waals surface area (Å²) in [5.41, 5.74) is 11.2. The molecule has 0 atom stereocenters. The number of nitrogens with two attached hydrogens (primary N) is 2. The van der Waals surface area contributed by atoms with Crippen LogP contribution in [-0.4, -0.2) is 31.4 Å². The van der Waals surface area contributed by atoms with Gasteiger partial charge in [0, 0.05) is 12.6 Å². The highest BCUT2D eigenvalue weighted by atomic mass is 16.5. The van der Waals surface area contributed by atoms with Crippen molar-refractivity contribution in [3.05, 3.63) is 23.8 Å². The Balaban J connectivity index is 2.37. The molecular weight excluding hydrogens is 236 g/mol. The second kappa shape index (κ2) is 4.36. The summed E-state index contributed by atoms with van der Waals surface area (Å²) in [5, 5.41) is 0. The molecule has 1 aliphatic rings. The molecule has 1 aromatic rings. The van der Waals surface area contributed by atoms with E-state index in [1.165, 1.54) is 17.0 Å². The zero-order valence-corrected chi connectivity index (χ0v) is 9.71. The van der Waals surface area contributed by atoms with Crippen molar-refractivity contribution < 1.29 is 14.3 Å². The summed E-state index contributed by atoms with van der Waals surface area (Å²) in [4.78, 5) is 27.9. The van der Waals surface area contributed by atoms with Crippen LogP contribution in [-0.2, 0) is 4.79 Å². The van der Waals surface area contributed by atoms with Crippen molar-refractivity contribution in [3.8, 4) is 5.75 Å². The smallest absolute Gasteiger partial charge is 0.280 e. The predicted octanol–water partition coefficient (Wildman–Crippen LogP) is -0.545. The van der Waals surface area contributed by atoms with Crippen molar-refractivity contribution in [2.45, 2.75) is 0 Å². The van der Waals surface area contributed by atoms with Crippen molar-refractivity contribution in [1.29, 1.82) is 0 Å². The molecule has 0 bridgehead atoms. The van der Waals surface area contributed by atoms with Crippen molar-refractivity contribution in [1.82, 2.24) is 0 Å². The number of anilines is 1. The Hall–Kier alpha value is -2.57. The molecule has 0 aromatic heterocycles. The van der Waals surface area contributed by atoms with E-state index in [-0.39, 0.29) is 18.5 Å². The number of nitrogens with zero attached hydrogens (tertiary/aromatic N) is 2. The van der Waals surface area contributed by atoms with E-state index >= 15 is 0 Å². The predicted molar refractivity (Wildman–Crippen MR) is 65.5 cm³/mol. The minimum Gasteiger partial charge on any atom is -0.482 e. The molecule has 0 radical (unpaired) electrons. The van der Waals surface area contributed by atoms with Gasteiger partial charge in [-0.2, -0.15) is 4.99 Å². The number of carbonyl (C=O) groups is 2. The monoisotopic (exact) mass is 248 g/mol. The summed E-state index contributed by atoms with van der Waals surface area (Å²) in [6.07, 6.45) is 0. The Kier molecular flexibility index (Phi) is 2.88. The molecule has 0 saturated carbocycles. The van der Waals surface area contributed by atoms with Crippen LogP contribution >= 0.6 is 0 Å². The van der Waals surface area contributed by atoms with Gasteiger partial charge in [0.1, 0.15) is 5.75 Å². The summed E-state index contributed by atoms with van der Waals surface area (Å²) in [5.74, 6) is -0.550. The van der Waals surface area contributed by atoms with E-state index in [0.29, 0.717) is 17.0 Å². The number of hydrogen-bond acceptors (Lipinski definition) is 3. The third-order valence-corrected chi connectivity index (χ3v) is 2.52. The van der Waals surface area contributed by atoms with E-state index in [2.05, 4.69) is 4.99 Å². The molecule has 0 aliphatic carbocycles.